The van der Waals surface area contributed by atoms with E-state index < -0.39 is 0 Å². The van der Waals surface area contributed by atoms with Gasteiger partial charge in [0.25, 0.3) is 5.91 Å². The number of fused-ring (bicyclic) bond motifs is 2. The number of hydrogen-bond donors (Lipinski definition) is 1. The van der Waals surface area contributed by atoms with Gasteiger partial charge in [-0.1, -0.05) is 24.3 Å². The van der Waals surface area contributed by atoms with Crippen LogP contribution in [0.2, 0.25) is 0 Å². The fourth-order valence-corrected chi connectivity index (χ4v) is 3.02. The summed E-state index contributed by atoms with van der Waals surface area (Å²) in [4.78, 5) is 12.7. The van der Waals surface area contributed by atoms with E-state index in [1.54, 1.807) is 0 Å². The molecule has 0 aliphatic rings. The van der Waals surface area contributed by atoms with E-state index in [0.29, 0.717) is 11.4 Å². The molecule has 1 amide bonds. The molecule has 3 aromatic heterocycles. The topological polar surface area (TPSA) is 64.2 Å². The number of carbonyl (C=O) groups excluding carboxylic acids is 1. The number of rotatable bonds is 3. The molecule has 3 heterocycles. The molecular formula is C18H17N5O. The van der Waals surface area contributed by atoms with Crippen molar-refractivity contribution in [2.45, 2.75) is 13.0 Å². The number of aryl methyl sites for hydroxylation is 1. The maximum atomic E-state index is 12.7. The van der Waals surface area contributed by atoms with Crippen molar-refractivity contribution in [2.24, 2.45) is 7.05 Å². The number of benzene rings is 1. The highest BCUT2D eigenvalue weighted by Gasteiger charge is 2.19. The number of nitrogens with one attached hydrogen (secondary N) is 1. The lowest BCUT2D eigenvalue weighted by Crippen LogP contribution is -2.27. The molecule has 0 bridgehead atoms. The van der Waals surface area contributed by atoms with Gasteiger partial charge in [-0.25, -0.2) is 0 Å². The van der Waals surface area contributed by atoms with Gasteiger partial charge in [0.15, 0.2) is 11.5 Å². The lowest BCUT2D eigenvalue weighted by Gasteiger charge is -2.12. The minimum atomic E-state index is -0.256. The van der Waals surface area contributed by atoms with Crippen molar-refractivity contribution in [1.29, 1.82) is 0 Å². The number of hydrogen-bond acceptors (Lipinski definition) is 3. The Kier molecular flexibility index (Phi) is 3.30. The van der Waals surface area contributed by atoms with E-state index in [0.717, 1.165) is 16.6 Å². The van der Waals surface area contributed by atoms with Gasteiger partial charge in [-0.05, 0) is 25.1 Å². The van der Waals surface area contributed by atoms with Gasteiger partial charge in [-0.3, -0.25) is 9.20 Å². The first kappa shape index (κ1) is 14.4. The van der Waals surface area contributed by atoms with Crippen LogP contribution in [0.25, 0.3) is 16.6 Å². The predicted octanol–water partition coefficient (Wildman–Crippen LogP) is 2.71. The van der Waals surface area contributed by atoms with Crippen LogP contribution < -0.4 is 5.32 Å². The molecule has 0 radical (unpaired) electrons. The molecule has 4 rings (SSSR count). The Morgan fingerprint density at radius 2 is 1.92 bits per heavy atom. The van der Waals surface area contributed by atoms with Crippen molar-refractivity contribution in [3.8, 4) is 0 Å². The zero-order chi connectivity index (χ0) is 16.7. The van der Waals surface area contributed by atoms with Gasteiger partial charge in [-0.2, -0.15) is 0 Å². The summed E-state index contributed by atoms with van der Waals surface area (Å²) < 4.78 is 3.84. The standard InChI is InChI=1S/C18H17N5O/c1-12(17-21-20-16-9-5-6-10-23(16)17)19-18(24)14-11-22(2)15-8-4-3-7-13(14)15/h3-12H,1-2H3,(H,19,24)/t12-/m1/s1. The Morgan fingerprint density at radius 3 is 2.79 bits per heavy atom. The maximum absolute atomic E-state index is 12.7. The molecule has 1 aromatic carbocycles. The van der Waals surface area contributed by atoms with E-state index in [2.05, 4.69) is 15.5 Å². The Hall–Kier alpha value is -3.15. The van der Waals surface area contributed by atoms with Crippen LogP contribution in [0.3, 0.4) is 0 Å². The fraction of sp³-hybridized carbons (Fsp3) is 0.167. The third-order valence-corrected chi connectivity index (χ3v) is 4.22. The molecule has 0 fully saturated rings. The Morgan fingerprint density at radius 1 is 1.12 bits per heavy atom. The quantitative estimate of drug-likeness (QED) is 0.631. The van der Waals surface area contributed by atoms with Crippen LogP contribution in [0.15, 0.2) is 54.9 Å². The third kappa shape index (κ3) is 2.23. The van der Waals surface area contributed by atoms with Crippen LogP contribution in [0.5, 0.6) is 0 Å². The van der Waals surface area contributed by atoms with Gasteiger partial charge in [0.05, 0.1) is 11.6 Å². The second-order valence-corrected chi connectivity index (χ2v) is 5.85. The summed E-state index contributed by atoms with van der Waals surface area (Å²) in [5.41, 5.74) is 2.45. The molecule has 0 saturated heterocycles. The van der Waals surface area contributed by atoms with Crippen molar-refractivity contribution in [2.75, 3.05) is 0 Å². The van der Waals surface area contributed by atoms with Crippen LogP contribution >= 0.6 is 0 Å². The molecule has 120 valence electrons. The van der Waals surface area contributed by atoms with Crippen LogP contribution in [-0.4, -0.2) is 25.1 Å². The van der Waals surface area contributed by atoms with Crippen molar-refractivity contribution in [3.05, 3.63) is 66.2 Å². The van der Waals surface area contributed by atoms with Gasteiger partial charge >= 0.3 is 0 Å². The molecule has 24 heavy (non-hydrogen) atoms. The highest BCUT2D eigenvalue weighted by atomic mass is 16.1. The summed E-state index contributed by atoms with van der Waals surface area (Å²) in [7, 11) is 1.94. The van der Waals surface area contributed by atoms with Crippen molar-refractivity contribution < 1.29 is 4.79 Å². The third-order valence-electron chi connectivity index (χ3n) is 4.22. The molecule has 0 unspecified atom stereocenters. The molecule has 6 heteroatoms. The molecule has 0 spiro atoms. The van der Waals surface area contributed by atoms with Gasteiger partial charge in [0, 0.05) is 30.3 Å². The van der Waals surface area contributed by atoms with Gasteiger partial charge in [0.1, 0.15) is 0 Å². The number of para-hydroxylation sites is 1. The summed E-state index contributed by atoms with van der Waals surface area (Å²) in [6, 6.07) is 13.3. The number of aromatic nitrogens is 4. The summed E-state index contributed by atoms with van der Waals surface area (Å²) in [5.74, 6) is 0.589. The van der Waals surface area contributed by atoms with Gasteiger partial charge in [-0.15, -0.1) is 10.2 Å². The SMILES string of the molecule is C[C@@H](NC(=O)c1cn(C)c2ccccc12)c1nnc2ccccn12. The van der Waals surface area contributed by atoms with E-state index in [1.165, 1.54) is 0 Å². The largest absolute Gasteiger partial charge is 0.350 e. The molecule has 0 saturated carbocycles. The van der Waals surface area contributed by atoms with Crippen molar-refractivity contribution in [1.82, 2.24) is 24.5 Å². The minimum Gasteiger partial charge on any atom is -0.350 e. The van der Waals surface area contributed by atoms with Crippen molar-refractivity contribution in [3.63, 3.8) is 0 Å². The van der Waals surface area contributed by atoms with Crippen LogP contribution in [0, 0.1) is 0 Å². The van der Waals surface area contributed by atoms with E-state index in [-0.39, 0.29) is 11.9 Å². The van der Waals surface area contributed by atoms with E-state index in [4.69, 9.17) is 0 Å². The maximum Gasteiger partial charge on any atom is 0.254 e. The Balaban J connectivity index is 1.66. The molecule has 6 nitrogen and oxygen atoms in total. The summed E-state index contributed by atoms with van der Waals surface area (Å²) >= 11 is 0. The number of amides is 1. The van der Waals surface area contributed by atoms with Crippen LogP contribution in [0.4, 0.5) is 0 Å². The van der Waals surface area contributed by atoms with Crippen LogP contribution in [-0.2, 0) is 7.05 Å². The smallest absolute Gasteiger partial charge is 0.254 e. The average molecular weight is 319 g/mol. The summed E-state index contributed by atoms with van der Waals surface area (Å²) in [6.45, 7) is 1.91. The molecule has 1 N–H and O–H groups in total. The van der Waals surface area contributed by atoms with E-state index >= 15 is 0 Å². The van der Waals surface area contributed by atoms with E-state index in [9.17, 15) is 4.79 Å². The predicted molar refractivity (Wildman–Crippen MR) is 91.8 cm³/mol. The normalized spacial score (nSPS) is 12.6. The first-order valence-corrected chi connectivity index (χ1v) is 7.80. The summed E-state index contributed by atoms with van der Waals surface area (Å²) in [6.07, 6.45) is 3.75. The zero-order valence-electron chi connectivity index (χ0n) is 13.5. The second kappa shape index (κ2) is 5.49. The lowest BCUT2D eigenvalue weighted by atomic mass is 10.1. The average Bonchev–Trinajstić information content (AvgIpc) is 3.17. The Labute approximate surface area is 138 Å². The van der Waals surface area contributed by atoms with Crippen molar-refractivity contribution >= 4 is 22.5 Å². The highest BCUT2D eigenvalue weighted by Crippen LogP contribution is 2.21. The van der Waals surface area contributed by atoms with Gasteiger partial charge in [0.2, 0.25) is 0 Å². The van der Waals surface area contributed by atoms with E-state index in [1.807, 2.05) is 77.8 Å². The number of carbonyl (C=O) groups is 1. The molecule has 0 aliphatic carbocycles. The summed E-state index contributed by atoms with van der Waals surface area (Å²) in [5, 5.41) is 12.3. The zero-order valence-corrected chi connectivity index (χ0v) is 13.5. The monoisotopic (exact) mass is 319 g/mol. The minimum absolute atomic E-state index is 0.119. The number of nitrogens with zero attached hydrogens (tertiary/aromatic N) is 4. The molecule has 0 aliphatic heterocycles. The highest BCUT2D eigenvalue weighted by molar-refractivity contribution is 6.07. The number of pyridine rings is 1. The van der Waals surface area contributed by atoms with Crippen LogP contribution in [0.1, 0.15) is 29.1 Å². The fourth-order valence-electron chi connectivity index (χ4n) is 3.02. The van der Waals surface area contributed by atoms with Gasteiger partial charge < -0.3 is 9.88 Å². The Bertz CT molecular complexity index is 1050. The molecule has 4 aromatic rings. The first-order valence-electron chi connectivity index (χ1n) is 7.80. The first-order chi connectivity index (χ1) is 11.6. The second-order valence-electron chi connectivity index (χ2n) is 5.85. The molecular weight excluding hydrogens is 302 g/mol. The lowest BCUT2D eigenvalue weighted by molar-refractivity contribution is 0.0939. The molecule has 1 atom stereocenters.